The van der Waals surface area contributed by atoms with E-state index >= 15 is 0 Å². The van der Waals surface area contributed by atoms with Crippen LogP contribution < -0.4 is 21.3 Å². The fourth-order valence-corrected chi connectivity index (χ4v) is 3.98. The molecule has 1 aliphatic heterocycles. The van der Waals surface area contributed by atoms with Gasteiger partial charge in [-0.2, -0.15) is 0 Å². The van der Waals surface area contributed by atoms with E-state index in [4.69, 9.17) is 0 Å². The average Bonchev–Trinajstić information content (AvgIpc) is 3.56. The first-order valence-corrected chi connectivity index (χ1v) is 11.8. The summed E-state index contributed by atoms with van der Waals surface area (Å²) >= 11 is 0. The van der Waals surface area contributed by atoms with Gasteiger partial charge in [0, 0.05) is 24.7 Å². The third-order valence-electron chi connectivity index (χ3n) is 5.95. The van der Waals surface area contributed by atoms with Gasteiger partial charge in [-0.15, -0.1) is 0 Å². The van der Waals surface area contributed by atoms with Crippen LogP contribution in [0.4, 0.5) is 0 Å². The van der Waals surface area contributed by atoms with Gasteiger partial charge in [-0.3, -0.25) is 14.4 Å². The molecule has 3 amide bonds. The number of aromatic amines is 1. The van der Waals surface area contributed by atoms with Gasteiger partial charge in [0.1, 0.15) is 18.1 Å². The zero-order valence-corrected chi connectivity index (χ0v) is 19.9. The van der Waals surface area contributed by atoms with E-state index in [0.29, 0.717) is 18.7 Å². The SMILES string of the molecule is CC(O)C(NC(=O)C(Cc1ccccc1)NC(=O)C1CCCN1)C(=O)NC(Cc1cnc[nH]1)C(=O)O. The number of aromatic nitrogens is 2. The zero-order chi connectivity index (χ0) is 26.1. The molecule has 5 atom stereocenters. The van der Waals surface area contributed by atoms with E-state index in [2.05, 4.69) is 31.2 Å². The van der Waals surface area contributed by atoms with Crippen LogP contribution in [0, 0.1) is 0 Å². The minimum Gasteiger partial charge on any atom is -0.480 e. The van der Waals surface area contributed by atoms with Gasteiger partial charge in [-0.05, 0) is 31.9 Å². The largest absolute Gasteiger partial charge is 0.480 e. The normalized spacial score (nSPS) is 18.4. The summed E-state index contributed by atoms with van der Waals surface area (Å²) in [7, 11) is 0. The molecule has 12 heteroatoms. The van der Waals surface area contributed by atoms with Crippen LogP contribution in [0.15, 0.2) is 42.9 Å². The number of H-pyrrole nitrogens is 1. The van der Waals surface area contributed by atoms with Crippen LogP contribution in [-0.4, -0.2) is 80.7 Å². The van der Waals surface area contributed by atoms with E-state index < -0.39 is 48.1 Å². The number of carboxylic acid groups (broad SMARTS) is 1. The summed E-state index contributed by atoms with van der Waals surface area (Å²) in [5, 5.41) is 30.4. The highest BCUT2D eigenvalue weighted by Gasteiger charge is 2.33. The second-order valence-electron chi connectivity index (χ2n) is 8.81. The van der Waals surface area contributed by atoms with Crippen LogP contribution in [0.1, 0.15) is 31.0 Å². The first-order valence-electron chi connectivity index (χ1n) is 11.8. The topological polar surface area (TPSA) is 186 Å². The molecule has 194 valence electrons. The maximum absolute atomic E-state index is 13.2. The number of rotatable bonds is 12. The van der Waals surface area contributed by atoms with Crippen molar-refractivity contribution in [1.29, 1.82) is 0 Å². The summed E-state index contributed by atoms with van der Waals surface area (Å²) in [6.07, 6.45) is 3.08. The molecule has 12 nitrogen and oxygen atoms in total. The number of carboxylic acids is 1. The molecule has 3 rings (SSSR count). The first kappa shape index (κ1) is 26.8. The standard InChI is InChI=1S/C24H32N6O6/c1-14(31)20(23(34)29-19(24(35)36)11-16-12-25-13-27-16)30-22(33)18(10-15-6-3-2-4-7-15)28-21(32)17-8-5-9-26-17/h2-4,6-7,12-14,17-20,26,31H,5,8-11H2,1H3,(H,25,27)(H,28,32)(H,29,34)(H,30,33)(H,35,36). The van der Waals surface area contributed by atoms with Gasteiger partial charge in [-0.25, -0.2) is 9.78 Å². The second-order valence-corrected chi connectivity index (χ2v) is 8.81. The number of nitrogens with zero attached hydrogens (tertiary/aromatic N) is 1. The molecule has 1 aromatic carbocycles. The van der Waals surface area contributed by atoms with E-state index in [1.54, 1.807) is 0 Å². The number of hydrogen-bond acceptors (Lipinski definition) is 7. The lowest BCUT2D eigenvalue weighted by atomic mass is 10.0. The van der Waals surface area contributed by atoms with E-state index in [1.165, 1.54) is 19.4 Å². The zero-order valence-electron chi connectivity index (χ0n) is 19.9. The Bertz CT molecular complexity index is 1020. The number of benzene rings is 1. The number of amides is 3. The van der Waals surface area contributed by atoms with E-state index in [9.17, 15) is 29.4 Å². The fraction of sp³-hybridized carbons (Fsp3) is 0.458. The number of aliphatic carboxylic acids is 1. The van der Waals surface area contributed by atoms with Crippen molar-refractivity contribution in [2.75, 3.05) is 6.54 Å². The lowest BCUT2D eigenvalue weighted by molar-refractivity contribution is -0.143. The van der Waals surface area contributed by atoms with Crippen LogP contribution in [0.5, 0.6) is 0 Å². The summed E-state index contributed by atoms with van der Waals surface area (Å²) < 4.78 is 0. The summed E-state index contributed by atoms with van der Waals surface area (Å²) in [4.78, 5) is 57.1. The molecule has 7 N–H and O–H groups in total. The van der Waals surface area contributed by atoms with Crippen molar-refractivity contribution in [3.63, 3.8) is 0 Å². The van der Waals surface area contributed by atoms with Crippen LogP contribution in [0.3, 0.4) is 0 Å². The molecule has 0 saturated carbocycles. The van der Waals surface area contributed by atoms with Crippen LogP contribution in [-0.2, 0) is 32.0 Å². The lowest BCUT2D eigenvalue weighted by Gasteiger charge is -2.26. The van der Waals surface area contributed by atoms with Crippen molar-refractivity contribution in [2.45, 2.75) is 62.9 Å². The number of carbonyl (C=O) groups excluding carboxylic acids is 3. The van der Waals surface area contributed by atoms with Crippen molar-refractivity contribution in [1.82, 2.24) is 31.2 Å². The summed E-state index contributed by atoms with van der Waals surface area (Å²) in [5.74, 6) is -3.15. The smallest absolute Gasteiger partial charge is 0.326 e. The summed E-state index contributed by atoms with van der Waals surface area (Å²) in [6.45, 7) is 2.02. The van der Waals surface area contributed by atoms with Crippen molar-refractivity contribution < 1.29 is 29.4 Å². The predicted molar refractivity (Wildman–Crippen MR) is 129 cm³/mol. The summed E-state index contributed by atoms with van der Waals surface area (Å²) in [5.41, 5.74) is 1.28. The van der Waals surface area contributed by atoms with Gasteiger partial charge >= 0.3 is 5.97 Å². The third kappa shape index (κ3) is 7.62. The molecule has 1 aromatic heterocycles. The number of imidazole rings is 1. The average molecular weight is 501 g/mol. The molecule has 36 heavy (non-hydrogen) atoms. The molecule has 0 radical (unpaired) electrons. The van der Waals surface area contributed by atoms with Crippen molar-refractivity contribution >= 4 is 23.7 Å². The Hall–Kier alpha value is -3.77. The number of aliphatic hydroxyl groups excluding tert-OH is 1. The summed E-state index contributed by atoms with van der Waals surface area (Å²) in [6, 6.07) is 4.88. The number of carbonyl (C=O) groups is 4. The maximum atomic E-state index is 13.2. The molecular formula is C24H32N6O6. The highest BCUT2D eigenvalue weighted by molar-refractivity contribution is 5.94. The van der Waals surface area contributed by atoms with Gasteiger partial charge in [-0.1, -0.05) is 30.3 Å². The highest BCUT2D eigenvalue weighted by Crippen LogP contribution is 2.09. The molecule has 2 aromatic rings. The Morgan fingerprint density at radius 2 is 1.81 bits per heavy atom. The number of aliphatic hydroxyl groups is 1. The molecule has 0 bridgehead atoms. The highest BCUT2D eigenvalue weighted by atomic mass is 16.4. The lowest BCUT2D eigenvalue weighted by Crippen LogP contribution is -2.60. The van der Waals surface area contributed by atoms with Gasteiger partial charge in [0.25, 0.3) is 0 Å². The van der Waals surface area contributed by atoms with E-state index in [-0.39, 0.29) is 18.7 Å². The molecule has 5 unspecified atom stereocenters. The minimum atomic E-state index is -1.44. The first-order chi connectivity index (χ1) is 17.2. The van der Waals surface area contributed by atoms with Crippen LogP contribution in [0.2, 0.25) is 0 Å². The molecule has 1 fully saturated rings. The van der Waals surface area contributed by atoms with Gasteiger partial charge in [0.05, 0.1) is 18.5 Å². The third-order valence-corrected chi connectivity index (χ3v) is 5.95. The Labute approximate surface area is 208 Å². The van der Waals surface area contributed by atoms with E-state index in [1.807, 2.05) is 30.3 Å². The number of nitrogens with one attached hydrogen (secondary N) is 5. The van der Waals surface area contributed by atoms with Crippen LogP contribution >= 0.6 is 0 Å². The van der Waals surface area contributed by atoms with Gasteiger partial charge < -0.3 is 36.5 Å². The molecule has 0 spiro atoms. The Kier molecular flexibility index (Phi) is 9.53. The predicted octanol–water partition coefficient (Wildman–Crippen LogP) is -1.13. The monoisotopic (exact) mass is 500 g/mol. The van der Waals surface area contributed by atoms with Gasteiger partial charge in [0.2, 0.25) is 17.7 Å². The van der Waals surface area contributed by atoms with Crippen molar-refractivity contribution in [2.24, 2.45) is 0 Å². The Morgan fingerprint density at radius 3 is 2.39 bits per heavy atom. The number of hydrogen-bond donors (Lipinski definition) is 7. The molecule has 2 heterocycles. The van der Waals surface area contributed by atoms with E-state index in [0.717, 1.165) is 12.0 Å². The molecule has 1 saturated heterocycles. The maximum Gasteiger partial charge on any atom is 0.326 e. The van der Waals surface area contributed by atoms with Crippen molar-refractivity contribution in [3.05, 3.63) is 54.1 Å². The van der Waals surface area contributed by atoms with Crippen molar-refractivity contribution in [3.8, 4) is 0 Å². The van der Waals surface area contributed by atoms with Crippen LogP contribution in [0.25, 0.3) is 0 Å². The molecule has 0 aliphatic carbocycles. The fourth-order valence-electron chi connectivity index (χ4n) is 3.98. The Balaban J connectivity index is 1.71. The molecule has 1 aliphatic rings. The minimum absolute atomic E-state index is 0.0668. The Morgan fingerprint density at radius 1 is 1.06 bits per heavy atom. The quantitative estimate of drug-likeness (QED) is 0.191. The molecular weight excluding hydrogens is 468 g/mol. The second kappa shape index (κ2) is 12.8. The van der Waals surface area contributed by atoms with Gasteiger partial charge in [0.15, 0.2) is 0 Å².